The van der Waals surface area contributed by atoms with Gasteiger partial charge in [-0.15, -0.1) is 0 Å². The number of aliphatic carboxylic acids is 1. The average Bonchev–Trinajstić information content (AvgIpc) is 1.88. The summed E-state index contributed by atoms with van der Waals surface area (Å²) in [4.78, 5) is 14.0. The van der Waals surface area contributed by atoms with Gasteiger partial charge in [-0.3, -0.25) is 4.99 Å². The summed E-state index contributed by atoms with van der Waals surface area (Å²) in [6.45, 7) is 0.526. The summed E-state index contributed by atoms with van der Waals surface area (Å²) < 4.78 is 0. The van der Waals surface area contributed by atoms with Crippen LogP contribution in [0, 0.1) is 0 Å². The second kappa shape index (κ2) is 2.79. The predicted molar refractivity (Wildman–Crippen MR) is 35.2 cm³/mol. The van der Waals surface area contributed by atoms with Crippen LogP contribution in [0.5, 0.6) is 0 Å². The van der Waals surface area contributed by atoms with Gasteiger partial charge in [-0.05, 0) is 12.8 Å². The van der Waals surface area contributed by atoms with Gasteiger partial charge in [0.15, 0.2) is 0 Å². The number of carboxylic acid groups (broad SMARTS) is 1. The number of carboxylic acids is 1. The van der Waals surface area contributed by atoms with Gasteiger partial charge >= 0.3 is 5.97 Å². The highest BCUT2D eigenvalue weighted by Gasteiger charge is 2.21. The van der Waals surface area contributed by atoms with Gasteiger partial charge in [0, 0.05) is 6.54 Å². The Morgan fingerprint density at radius 1 is 1.70 bits per heavy atom. The van der Waals surface area contributed by atoms with Crippen molar-refractivity contribution in [3.05, 3.63) is 0 Å². The molecule has 0 radical (unpaired) electrons. The van der Waals surface area contributed by atoms with Crippen molar-refractivity contribution in [3.63, 3.8) is 0 Å². The summed E-state index contributed by atoms with van der Waals surface area (Å²) in [5.41, 5.74) is -0.0914. The highest BCUT2D eigenvalue weighted by molar-refractivity contribution is 6.37. The van der Waals surface area contributed by atoms with Crippen molar-refractivity contribution in [2.45, 2.75) is 18.9 Å². The molecule has 0 bridgehead atoms. The van der Waals surface area contributed by atoms with Gasteiger partial charge in [0.05, 0.1) is 0 Å². The molecule has 2 N–H and O–H groups in total. The Morgan fingerprint density at radius 3 is 2.80 bits per heavy atom. The Morgan fingerprint density at radius 2 is 2.40 bits per heavy atom. The molecular formula is C6H9NO3. The fourth-order valence-corrected chi connectivity index (χ4v) is 0.936. The van der Waals surface area contributed by atoms with Crippen LogP contribution in [0.2, 0.25) is 0 Å². The van der Waals surface area contributed by atoms with E-state index in [0.717, 1.165) is 6.42 Å². The molecule has 0 spiro atoms. The third-order valence-electron chi connectivity index (χ3n) is 1.45. The van der Waals surface area contributed by atoms with E-state index < -0.39 is 12.1 Å². The molecule has 1 heterocycles. The van der Waals surface area contributed by atoms with Gasteiger partial charge < -0.3 is 10.2 Å². The third kappa shape index (κ3) is 1.33. The Balaban J connectivity index is 2.71. The van der Waals surface area contributed by atoms with Crippen LogP contribution in [0.15, 0.2) is 4.99 Å². The van der Waals surface area contributed by atoms with E-state index in [2.05, 4.69) is 4.99 Å². The van der Waals surface area contributed by atoms with Crippen molar-refractivity contribution >= 4 is 11.7 Å². The summed E-state index contributed by atoms with van der Waals surface area (Å²) in [5.74, 6) is -1.10. The van der Waals surface area contributed by atoms with Crippen molar-refractivity contribution in [3.8, 4) is 0 Å². The number of nitrogens with zero attached hydrogens (tertiary/aromatic N) is 1. The largest absolute Gasteiger partial charge is 0.477 e. The molecule has 56 valence electrons. The first-order valence-electron chi connectivity index (χ1n) is 3.17. The number of hydrogen-bond acceptors (Lipinski definition) is 3. The van der Waals surface area contributed by atoms with E-state index in [1.807, 2.05) is 0 Å². The summed E-state index contributed by atoms with van der Waals surface area (Å²) >= 11 is 0. The van der Waals surface area contributed by atoms with Gasteiger partial charge in [0.1, 0.15) is 11.8 Å². The van der Waals surface area contributed by atoms with Crippen LogP contribution in [-0.2, 0) is 4.79 Å². The summed E-state index contributed by atoms with van der Waals surface area (Å²) in [6.07, 6.45) is 0.439. The minimum Gasteiger partial charge on any atom is -0.477 e. The topological polar surface area (TPSA) is 69.9 Å². The molecule has 0 aromatic carbocycles. The molecule has 4 nitrogen and oxygen atoms in total. The predicted octanol–water partition coefficient (Wildman–Crippen LogP) is -0.333. The lowest BCUT2D eigenvalue weighted by atomic mass is 10.1. The highest BCUT2D eigenvalue weighted by Crippen LogP contribution is 2.06. The standard InChI is InChI=1S/C6H9NO3/c8-4-2-1-3-7-5(4)6(9)10/h4,8H,1-3H2,(H,9,10)/t4-/m1/s1. The molecule has 0 aromatic rings. The van der Waals surface area contributed by atoms with E-state index in [4.69, 9.17) is 10.2 Å². The van der Waals surface area contributed by atoms with Crippen molar-refractivity contribution in [1.82, 2.24) is 0 Å². The SMILES string of the molecule is O=C(O)C1=NCCC[C@H]1O. The van der Waals surface area contributed by atoms with E-state index in [1.54, 1.807) is 0 Å². The Labute approximate surface area is 58.2 Å². The fraction of sp³-hybridized carbons (Fsp3) is 0.667. The highest BCUT2D eigenvalue weighted by atomic mass is 16.4. The smallest absolute Gasteiger partial charge is 0.352 e. The lowest BCUT2D eigenvalue weighted by molar-refractivity contribution is -0.130. The maximum absolute atomic E-state index is 10.3. The Kier molecular flexibility index (Phi) is 2.01. The van der Waals surface area contributed by atoms with Crippen LogP contribution in [0.1, 0.15) is 12.8 Å². The van der Waals surface area contributed by atoms with Crippen LogP contribution in [0.25, 0.3) is 0 Å². The van der Waals surface area contributed by atoms with Gasteiger partial charge in [-0.25, -0.2) is 4.79 Å². The van der Waals surface area contributed by atoms with Crippen LogP contribution in [-0.4, -0.2) is 34.5 Å². The van der Waals surface area contributed by atoms with Crippen LogP contribution in [0.4, 0.5) is 0 Å². The van der Waals surface area contributed by atoms with Crippen LogP contribution >= 0.6 is 0 Å². The van der Waals surface area contributed by atoms with E-state index in [0.29, 0.717) is 13.0 Å². The molecule has 1 aliphatic heterocycles. The maximum Gasteiger partial charge on any atom is 0.352 e. The first-order valence-corrected chi connectivity index (χ1v) is 3.17. The van der Waals surface area contributed by atoms with Crippen molar-refractivity contribution < 1.29 is 15.0 Å². The minimum atomic E-state index is -1.10. The van der Waals surface area contributed by atoms with Gasteiger partial charge in [0.25, 0.3) is 0 Å². The maximum atomic E-state index is 10.3. The zero-order chi connectivity index (χ0) is 7.56. The van der Waals surface area contributed by atoms with E-state index in [1.165, 1.54) is 0 Å². The number of rotatable bonds is 1. The van der Waals surface area contributed by atoms with E-state index in [9.17, 15) is 4.79 Å². The van der Waals surface area contributed by atoms with E-state index >= 15 is 0 Å². The number of hydrogen-bond donors (Lipinski definition) is 2. The van der Waals surface area contributed by atoms with E-state index in [-0.39, 0.29) is 5.71 Å². The van der Waals surface area contributed by atoms with Gasteiger partial charge in [0.2, 0.25) is 0 Å². The fourth-order valence-electron chi connectivity index (χ4n) is 0.936. The number of carbonyl (C=O) groups is 1. The minimum absolute atomic E-state index is 0.0914. The summed E-state index contributed by atoms with van der Waals surface area (Å²) in [5, 5.41) is 17.4. The molecule has 0 saturated carbocycles. The zero-order valence-electron chi connectivity index (χ0n) is 5.45. The normalized spacial score (nSPS) is 25.7. The first kappa shape index (κ1) is 7.21. The summed E-state index contributed by atoms with van der Waals surface area (Å²) in [7, 11) is 0. The van der Waals surface area contributed by atoms with Gasteiger partial charge in [-0.1, -0.05) is 0 Å². The molecule has 1 atom stereocenters. The summed E-state index contributed by atoms with van der Waals surface area (Å²) in [6, 6.07) is 0. The number of aliphatic hydroxyl groups excluding tert-OH is 1. The van der Waals surface area contributed by atoms with Crippen molar-refractivity contribution in [1.29, 1.82) is 0 Å². The second-order valence-corrected chi connectivity index (χ2v) is 2.23. The lowest BCUT2D eigenvalue weighted by Gasteiger charge is -2.13. The molecular weight excluding hydrogens is 134 g/mol. The number of aliphatic hydroxyl groups is 1. The monoisotopic (exact) mass is 143 g/mol. The molecule has 0 saturated heterocycles. The van der Waals surface area contributed by atoms with Gasteiger partial charge in [-0.2, -0.15) is 0 Å². The van der Waals surface area contributed by atoms with Crippen LogP contribution < -0.4 is 0 Å². The molecule has 1 rings (SSSR count). The Hall–Kier alpha value is -0.900. The third-order valence-corrected chi connectivity index (χ3v) is 1.45. The molecule has 0 fully saturated rings. The first-order chi connectivity index (χ1) is 4.72. The molecule has 0 unspecified atom stereocenters. The zero-order valence-corrected chi connectivity index (χ0v) is 5.45. The average molecular weight is 143 g/mol. The van der Waals surface area contributed by atoms with Crippen molar-refractivity contribution in [2.24, 2.45) is 4.99 Å². The molecule has 0 aromatic heterocycles. The molecule has 10 heavy (non-hydrogen) atoms. The second-order valence-electron chi connectivity index (χ2n) is 2.23. The number of aliphatic imine (C=N–C) groups is 1. The molecule has 4 heteroatoms. The Bertz CT molecular complexity index is 176. The molecule has 0 aliphatic carbocycles. The quantitative estimate of drug-likeness (QED) is 0.528. The van der Waals surface area contributed by atoms with Crippen LogP contribution in [0.3, 0.4) is 0 Å². The lowest BCUT2D eigenvalue weighted by Crippen LogP contribution is -2.31. The molecule has 1 aliphatic rings. The van der Waals surface area contributed by atoms with Crippen molar-refractivity contribution in [2.75, 3.05) is 6.54 Å². The molecule has 0 amide bonds.